The number of hydrogen-bond donors (Lipinski definition) is 0. The normalized spacial score (nSPS) is 19.7. The van der Waals surface area contributed by atoms with E-state index in [0.717, 1.165) is 54.8 Å². The summed E-state index contributed by atoms with van der Waals surface area (Å²) in [4.78, 5) is 27.0. The minimum Gasteiger partial charge on any atom is -0.340 e. The van der Waals surface area contributed by atoms with Crippen LogP contribution in [0.25, 0.3) is 10.9 Å². The van der Waals surface area contributed by atoms with E-state index in [2.05, 4.69) is 16.9 Å². The van der Waals surface area contributed by atoms with Gasteiger partial charge in [0, 0.05) is 61.5 Å². The van der Waals surface area contributed by atoms with E-state index in [1.807, 2.05) is 22.7 Å². The van der Waals surface area contributed by atoms with E-state index in [4.69, 9.17) is 4.98 Å². The average molecular weight is 393 g/mol. The number of fused-ring (bicyclic) bond motifs is 2. The first-order valence-corrected chi connectivity index (χ1v) is 10.1. The molecular weight excluding hydrogens is 369 g/mol. The fourth-order valence-corrected chi connectivity index (χ4v) is 4.58. The Morgan fingerprint density at radius 3 is 2.93 bits per heavy atom. The maximum absolute atomic E-state index is 13.6. The summed E-state index contributed by atoms with van der Waals surface area (Å²) in [5, 5.41) is 0.737. The van der Waals surface area contributed by atoms with Gasteiger partial charge in [-0.25, -0.2) is 14.4 Å². The molecule has 2 aliphatic rings. The van der Waals surface area contributed by atoms with Gasteiger partial charge < -0.3 is 14.4 Å². The lowest BCUT2D eigenvalue weighted by molar-refractivity contribution is 0.0720. The lowest BCUT2D eigenvalue weighted by Crippen LogP contribution is -2.33. The van der Waals surface area contributed by atoms with Crippen molar-refractivity contribution in [1.29, 1.82) is 0 Å². The molecule has 2 aromatic heterocycles. The molecule has 7 heteroatoms. The molecule has 0 spiro atoms. The lowest BCUT2D eigenvalue weighted by Gasteiger charge is -2.27. The van der Waals surface area contributed by atoms with Crippen LogP contribution in [0.2, 0.25) is 0 Å². The van der Waals surface area contributed by atoms with Crippen molar-refractivity contribution in [2.75, 3.05) is 20.1 Å². The molecule has 3 aromatic rings. The summed E-state index contributed by atoms with van der Waals surface area (Å²) < 4.78 is 15.4. The molecule has 1 atom stereocenters. The van der Waals surface area contributed by atoms with Gasteiger partial charge in [0.15, 0.2) is 5.82 Å². The summed E-state index contributed by atoms with van der Waals surface area (Å²) >= 11 is 0. The molecule has 5 rings (SSSR count). The van der Waals surface area contributed by atoms with Gasteiger partial charge in [0.2, 0.25) is 0 Å². The van der Waals surface area contributed by atoms with Crippen molar-refractivity contribution in [2.45, 2.75) is 31.8 Å². The first-order valence-electron chi connectivity index (χ1n) is 10.1. The molecule has 0 N–H and O–H groups in total. The highest BCUT2D eigenvalue weighted by molar-refractivity contribution is 5.99. The molecule has 0 radical (unpaired) electrons. The van der Waals surface area contributed by atoms with Gasteiger partial charge in [-0.1, -0.05) is 0 Å². The van der Waals surface area contributed by atoms with Crippen LogP contribution >= 0.6 is 0 Å². The third-order valence-electron chi connectivity index (χ3n) is 6.18. The number of rotatable bonds is 2. The van der Waals surface area contributed by atoms with Crippen molar-refractivity contribution in [3.8, 4) is 0 Å². The van der Waals surface area contributed by atoms with Gasteiger partial charge in [0.1, 0.15) is 11.5 Å². The van der Waals surface area contributed by atoms with E-state index in [0.29, 0.717) is 12.2 Å². The second-order valence-electron chi connectivity index (χ2n) is 8.14. The number of hydrogen-bond acceptors (Lipinski definition) is 4. The molecule has 29 heavy (non-hydrogen) atoms. The van der Waals surface area contributed by atoms with E-state index >= 15 is 0 Å². The van der Waals surface area contributed by atoms with Crippen molar-refractivity contribution in [3.63, 3.8) is 0 Å². The van der Waals surface area contributed by atoms with Crippen LogP contribution in [0.1, 0.15) is 46.5 Å². The van der Waals surface area contributed by atoms with Crippen LogP contribution in [-0.2, 0) is 20.0 Å². The zero-order valence-corrected chi connectivity index (χ0v) is 16.7. The van der Waals surface area contributed by atoms with Crippen molar-refractivity contribution < 1.29 is 9.18 Å². The van der Waals surface area contributed by atoms with Gasteiger partial charge in [0.05, 0.1) is 6.04 Å². The standard InChI is InChI=1S/C22H24FN5O/c1-26-9-7-17-15(13-26)12-24-21(25-17)19-4-3-8-28(19)22(29)20-11-14-10-16(23)5-6-18(14)27(20)2/h5-6,10-12,19H,3-4,7-9,13H2,1-2H3. The zero-order valence-electron chi connectivity index (χ0n) is 16.7. The van der Waals surface area contributed by atoms with Crippen LogP contribution in [0.3, 0.4) is 0 Å². The van der Waals surface area contributed by atoms with Crippen molar-refractivity contribution in [3.05, 3.63) is 59.1 Å². The molecule has 4 heterocycles. The topological polar surface area (TPSA) is 54.3 Å². The number of carbonyl (C=O) groups excluding carboxylic acids is 1. The molecule has 0 bridgehead atoms. The lowest BCUT2D eigenvalue weighted by atomic mass is 10.1. The number of amides is 1. The summed E-state index contributed by atoms with van der Waals surface area (Å²) in [6.45, 7) is 2.54. The van der Waals surface area contributed by atoms with E-state index in [1.54, 1.807) is 12.1 Å². The Labute approximate surface area is 169 Å². The monoisotopic (exact) mass is 393 g/mol. The second kappa shape index (κ2) is 6.91. The Balaban J connectivity index is 1.47. The smallest absolute Gasteiger partial charge is 0.271 e. The summed E-state index contributed by atoms with van der Waals surface area (Å²) in [5.74, 6) is 0.394. The van der Waals surface area contributed by atoms with Crippen molar-refractivity contribution in [1.82, 2.24) is 24.3 Å². The Hall–Kier alpha value is -2.80. The van der Waals surface area contributed by atoms with Crippen LogP contribution in [0.15, 0.2) is 30.5 Å². The maximum atomic E-state index is 13.6. The first-order chi connectivity index (χ1) is 14.0. The van der Waals surface area contributed by atoms with Gasteiger partial charge in [-0.15, -0.1) is 0 Å². The number of likely N-dealkylation sites (tertiary alicyclic amines) is 1. The summed E-state index contributed by atoms with van der Waals surface area (Å²) in [6, 6.07) is 6.28. The van der Waals surface area contributed by atoms with E-state index in [9.17, 15) is 9.18 Å². The number of likely N-dealkylation sites (N-methyl/N-ethyl adjacent to an activating group) is 1. The van der Waals surface area contributed by atoms with Crippen molar-refractivity contribution >= 4 is 16.8 Å². The maximum Gasteiger partial charge on any atom is 0.271 e. The molecule has 1 saturated heterocycles. The number of halogens is 1. The van der Waals surface area contributed by atoms with E-state index in [-0.39, 0.29) is 17.8 Å². The van der Waals surface area contributed by atoms with Gasteiger partial charge >= 0.3 is 0 Å². The van der Waals surface area contributed by atoms with Gasteiger partial charge in [-0.2, -0.15) is 0 Å². The molecule has 6 nitrogen and oxygen atoms in total. The molecular formula is C22H24FN5O. The molecule has 1 amide bonds. The van der Waals surface area contributed by atoms with Gasteiger partial charge in [-0.3, -0.25) is 4.79 Å². The summed E-state index contributed by atoms with van der Waals surface area (Å²) in [7, 11) is 3.95. The molecule has 0 saturated carbocycles. The van der Waals surface area contributed by atoms with Crippen LogP contribution < -0.4 is 0 Å². The average Bonchev–Trinajstić information content (AvgIpc) is 3.32. The minimum atomic E-state index is -0.297. The van der Waals surface area contributed by atoms with E-state index < -0.39 is 0 Å². The predicted octanol–water partition coefficient (Wildman–Crippen LogP) is 3.07. The fourth-order valence-electron chi connectivity index (χ4n) is 4.58. The second-order valence-corrected chi connectivity index (χ2v) is 8.14. The highest BCUT2D eigenvalue weighted by Gasteiger charge is 2.34. The van der Waals surface area contributed by atoms with Crippen LogP contribution in [0.5, 0.6) is 0 Å². The molecule has 1 fully saturated rings. The quantitative estimate of drug-likeness (QED) is 0.672. The largest absolute Gasteiger partial charge is 0.340 e. The predicted molar refractivity (Wildman–Crippen MR) is 108 cm³/mol. The van der Waals surface area contributed by atoms with Crippen LogP contribution in [0, 0.1) is 5.82 Å². The van der Waals surface area contributed by atoms with Crippen LogP contribution in [-0.4, -0.2) is 50.4 Å². The van der Waals surface area contributed by atoms with Crippen molar-refractivity contribution in [2.24, 2.45) is 7.05 Å². The number of benzene rings is 1. The zero-order chi connectivity index (χ0) is 20.1. The Morgan fingerprint density at radius 2 is 2.07 bits per heavy atom. The SMILES string of the molecule is CN1CCc2nc(C3CCCN3C(=O)c3cc4cc(F)ccc4n3C)ncc2C1. The minimum absolute atomic E-state index is 0.0485. The Bertz CT molecular complexity index is 1110. The molecule has 2 aliphatic heterocycles. The number of carbonyl (C=O) groups is 1. The fraction of sp³-hybridized carbons (Fsp3) is 0.409. The highest BCUT2D eigenvalue weighted by atomic mass is 19.1. The molecule has 1 aromatic carbocycles. The highest BCUT2D eigenvalue weighted by Crippen LogP contribution is 2.33. The molecule has 1 unspecified atom stereocenters. The molecule has 0 aliphatic carbocycles. The third-order valence-corrected chi connectivity index (χ3v) is 6.18. The van der Waals surface area contributed by atoms with Gasteiger partial charge in [0.25, 0.3) is 5.91 Å². The number of nitrogens with zero attached hydrogens (tertiary/aromatic N) is 5. The van der Waals surface area contributed by atoms with Gasteiger partial charge in [-0.05, 0) is 44.2 Å². The van der Waals surface area contributed by atoms with E-state index in [1.165, 1.54) is 17.7 Å². The summed E-state index contributed by atoms with van der Waals surface area (Å²) in [5.41, 5.74) is 3.69. The third kappa shape index (κ3) is 3.09. The Kier molecular flexibility index (Phi) is 4.35. The summed E-state index contributed by atoms with van der Waals surface area (Å²) in [6.07, 6.45) is 4.63. The number of aromatic nitrogens is 3. The van der Waals surface area contributed by atoms with Crippen LogP contribution in [0.4, 0.5) is 4.39 Å². The number of aryl methyl sites for hydroxylation is 1. The molecule has 150 valence electrons. The Morgan fingerprint density at radius 1 is 1.21 bits per heavy atom. The first kappa shape index (κ1) is 18.2.